The van der Waals surface area contributed by atoms with Gasteiger partial charge in [-0.15, -0.1) is 183 Å². The average molecular weight is 1100 g/mol. The van der Waals surface area contributed by atoms with E-state index in [1.165, 1.54) is 107 Å². The molecular weight excluding hydrogens is 1050 g/mol. The Labute approximate surface area is 443 Å². The normalized spacial score (nSPS) is 10.3. The maximum Gasteiger partial charge on any atom is 2.00 e. The van der Waals surface area contributed by atoms with Crippen LogP contribution in [0.2, 0.25) is 0 Å². The van der Waals surface area contributed by atoms with E-state index in [-0.39, 0.29) is 77.2 Å². The van der Waals surface area contributed by atoms with Crippen LogP contribution in [0.1, 0.15) is 22.3 Å². The van der Waals surface area contributed by atoms with Crippen LogP contribution in [0, 0.1) is 27.7 Å². The molecule has 0 atom stereocenters. The van der Waals surface area contributed by atoms with Gasteiger partial charge in [0.05, 0.1) is 0 Å². The van der Waals surface area contributed by atoms with Gasteiger partial charge in [-0.25, -0.2) is 0 Å². The number of rotatable bonds is 4. The molecule has 12 rings (SSSR count). The van der Waals surface area contributed by atoms with Crippen LogP contribution in [0.3, 0.4) is 0 Å². The molecule has 0 fully saturated rings. The summed E-state index contributed by atoms with van der Waals surface area (Å²) in [7, 11) is 0. The molecule has 8 aromatic carbocycles. The van der Waals surface area contributed by atoms with E-state index < -0.39 is 0 Å². The van der Waals surface area contributed by atoms with Gasteiger partial charge in [0.1, 0.15) is 0 Å². The minimum Gasteiger partial charge on any atom is -1.00 e. The monoisotopic (exact) mass is 1090 g/mol. The predicted octanol–water partition coefficient (Wildman–Crippen LogP) is 12.4. The molecule has 0 bridgehead atoms. The van der Waals surface area contributed by atoms with Crippen LogP contribution in [0.15, 0.2) is 191 Å². The molecule has 0 aliphatic carbocycles. The van der Waals surface area contributed by atoms with Crippen LogP contribution in [0.25, 0.3) is 84.9 Å². The zero-order valence-corrected chi connectivity index (χ0v) is 45.6. The van der Waals surface area contributed by atoms with Gasteiger partial charge in [0, 0.05) is 19.5 Å². The number of hydrogen-bond acceptors (Lipinski definition) is 4. The summed E-state index contributed by atoms with van der Waals surface area (Å²) >= 11 is 7.20. The summed E-state index contributed by atoms with van der Waals surface area (Å²) in [5.41, 5.74) is 10.8. The predicted molar refractivity (Wildman–Crippen MR) is 270 cm³/mol. The van der Waals surface area contributed by atoms with Crippen molar-refractivity contribution in [1.29, 1.82) is 0 Å². The molecule has 316 valence electrons. The minimum absolute atomic E-state index is 0. The third-order valence-corrected chi connectivity index (χ3v) is 14.3. The van der Waals surface area contributed by atoms with Gasteiger partial charge in [0.15, 0.2) is 0 Å². The van der Waals surface area contributed by atoms with Crippen molar-refractivity contribution in [2.75, 3.05) is 0 Å². The molecule has 0 radical (unpaired) electrons. The van der Waals surface area contributed by atoms with E-state index >= 15 is 0 Å². The summed E-state index contributed by atoms with van der Waals surface area (Å²) < 4.78 is 0. The van der Waals surface area contributed by atoms with Gasteiger partial charge in [0.2, 0.25) is 0 Å². The average Bonchev–Trinajstić information content (AvgIpc) is 4.10. The van der Waals surface area contributed by atoms with E-state index in [9.17, 15) is 0 Å². The van der Waals surface area contributed by atoms with E-state index in [0.29, 0.717) is 0 Å². The first kappa shape index (κ1) is 51.5. The summed E-state index contributed by atoms with van der Waals surface area (Å²) in [5.74, 6) is 0. The second-order valence-electron chi connectivity index (χ2n) is 15.3. The largest absolute Gasteiger partial charge is 2.00 e. The van der Waals surface area contributed by atoms with Crippen LogP contribution in [0.5, 0.6) is 0 Å². The number of fused-ring (bicyclic) bond motifs is 4. The third kappa shape index (κ3) is 11.7. The Bertz CT molecular complexity index is 2810. The fourth-order valence-corrected chi connectivity index (χ4v) is 11.2. The van der Waals surface area contributed by atoms with Crippen LogP contribution >= 0.6 is 45.3 Å². The molecule has 0 spiro atoms. The van der Waals surface area contributed by atoms with Crippen molar-refractivity contribution in [2.24, 2.45) is 0 Å². The summed E-state index contributed by atoms with van der Waals surface area (Å²) in [6.07, 6.45) is 0. The Balaban J connectivity index is 0.000000157. The molecule has 0 aliphatic rings. The van der Waals surface area contributed by atoms with Crippen LogP contribution in [-0.2, 0) is 52.4 Å². The smallest absolute Gasteiger partial charge is 1.00 e. The van der Waals surface area contributed by atoms with E-state index in [4.69, 9.17) is 0 Å². The Morgan fingerprint density at radius 3 is 0.703 bits per heavy atom. The third-order valence-electron chi connectivity index (χ3n) is 10.7. The van der Waals surface area contributed by atoms with Crippen molar-refractivity contribution in [2.45, 2.75) is 27.7 Å². The van der Waals surface area contributed by atoms with Gasteiger partial charge in [0.25, 0.3) is 0 Å². The molecule has 8 heteroatoms. The van der Waals surface area contributed by atoms with E-state index in [2.05, 4.69) is 219 Å². The van der Waals surface area contributed by atoms with E-state index in [1.54, 1.807) is 45.3 Å². The van der Waals surface area contributed by atoms with Crippen LogP contribution < -0.4 is 24.8 Å². The first-order valence-electron chi connectivity index (χ1n) is 20.2. The Morgan fingerprint density at radius 2 is 0.516 bits per heavy atom. The van der Waals surface area contributed by atoms with Gasteiger partial charge in [-0.3, -0.25) is 0 Å². The quantitative estimate of drug-likeness (QED) is 0.154. The van der Waals surface area contributed by atoms with Crippen molar-refractivity contribution in [1.82, 2.24) is 0 Å². The van der Waals surface area contributed by atoms with Gasteiger partial charge < -0.3 is 24.8 Å². The second-order valence-corrected chi connectivity index (χ2v) is 19.1. The fraction of sp³-hybridized carbons (Fsp3) is 0.0714. The molecule has 0 unspecified atom stereocenters. The van der Waals surface area contributed by atoms with Gasteiger partial charge >= 0.3 is 52.4 Å². The first-order chi connectivity index (χ1) is 29.4. The molecule has 64 heavy (non-hydrogen) atoms. The molecule has 4 heterocycles. The van der Waals surface area contributed by atoms with Crippen molar-refractivity contribution < 1.29 is 77.2 Å². The number of benzene rings is 4. The van der Waals surface area contributed by atoms with Gasteiger partial charge in [-0.05, 0) is 45.8 Å². The molecular formula is C56H44Cl2S4Zr2-2. The van der Waals surface area contributed by atoms with Crippen molar-refractivity contribution in [3.8, 4) is 41.8 Å². The topological polar surface area (TPSA) is 0 Å². The number of halogens is 2. The molecule has 0 aliphatic heterocycles. The summed E-state index contributed by atoms with van der Waals surface area (Å²) in [6, 6.07) is 61.3. The molecule has 0 nitrogen and oxygen atoms in total. The maximum absolute atomic E-state index is 2.27. The Hall–Kier alpha value is -3.53. The zero-order valence-electron chi connectivity index (χ0n) is 35.9. The molecule has 0 N–H and O–H groups in total. The van der Waals surface area contributed by atoms with Crippen LogP contribution in [0.4, 0.5) is 0 Å². The molecule has 12 aromatic rings. The molecule has 0 amide bonds. The molecule has 0 saturated carbocycles. The SMILES string of the molecule is Cc1cc2c(-c3cccs3)cccc2[cH-]1.Cc1cc2c(-c3cccs3)cccc2[cH-]1.Cc1cc2c(-c3cccs3)cccc2[cH-]1.Cc1cc2c(-c3cccs3)cccc2[cH-]1.[Cl-].[Cl-].[Zr+2].[Zr+2]. The second kappa shape index (κ2) is 23.8. The number of aryl methyl sites for hydroxylation is 4. The van der Waals surface area contributed by atoms with Gasteiger partial charge in [-0.2, -0.15) is 24.3 Å². The molecule has 4 aromatic heterocycles. The summed E-state index contributed by atoms with van der Waals surface area (Å²) in [6.45, 7) is 8.60. The van der Waals surface area contributed by atoms with Crippen molar-refractivity contribution in [3.63, 3.8) is 0 Å². The first-order valence-corrected chi connectivity index (χ1v) is 23.7. The summed E-state index contributed by atoms with van der Waals surface area (Å²) in [4.78, 5) is 5.41. The fourth-order valence-electron chi connectivity index (χ4n) is 8.13. The molecule has 0 saturated heterocycles. The van der Waals surface area contributed by atoms with E-state index in [0.717, 1.165) is 0 Å². The van der Waals surface area contributed by atoms with E-state index in [1.807, 2.05) is 0 Å². The number of thiophene rings is 4. The Morgan fingerprint density at radius 1 is 0.297 bits per heavy atom. The Kier molecular flexibility index (Phi) is 19.1. The van der Waals surface area contributed by atoms with Crippen molar-refractivity contribution in [3.05, 3.63) is 214 Å². The van der Waals surface area contributed by atoms with Gasteiger partial charge in [-0.1, -0.05) is 98.5 Å². The number of hydrogen-bond donors (Lipinski definition) is 0. The van der Waals surface area contributed by atoms with Crippen LogP contribution in [-0.4, -0.2) is 0 Å². The maximum atomic E-state index is 2.27. The minimum atomic E-state index is 0. The standard InChI is InChI=1S/4C14H11S.2ClH.2Zr/c4*1-10-8-11-4-2-5-12(13(11)9-10)14-6-3-7-15-14;;;;/h4*2-9H,1H3;2*1H;;/q4*-1;;;2*+2/p-2. The van der Waals surface area contributed by atoms with Crippen molar-refractivity contribution >= 4 is 88.4 Å². The summed E-state index contributed by atoms with van der Waals surface area (Å²) in [5, 5.41) is 19.4. The zero-order chi connectivity index (χ0) is 41.0.